The molecule has 2 bridgehead atoms. The maximum Gasteiger partial charge on any atom is 0.339 e. The largest absolute Gasteiger partial charge is 0.462 e. The third kappa shape index (κ3) is 2.74. The molecule has 5 heteroatoms. The Labute approximate surface area is 149 Å². The lowest BCUT2D eigenvalue weighted by Crippen LogP contribution is -2.47. The zero-order valence-corrected chi connectivity index (χ0v) is 15.8. The van der Waals surface area contributed by atoms with Crippen molar-refractivity contribution in [2.45, 2.75) is 59.9 Å². The molecule has 1 N–H and O–H groups in total. The molecule has 0 aliphatic heterocycles. The molecular weight excluding hydrogens is 316 g/mol. The van der Waals surface area contributed by atoms with Crippen LogP contribution in [0.25, 0.3) is 0 Å². The fourth-order valence-corrected chi connectivity index (χ4v) is 4.77. The van der Waals surface area contributed by atoms with E-state index in [1.54, 1.807) is 26.0 Å². The SMILES string of the molecule is CCOC(=O)c1ccc(C(=O)NC2CC3CCC2(C)C3(C)C)nc1C. The molecule has 136 valence electrons. The van der Waals surface area contributed by atoms with Crippen LogP contribution in [0, 0.1) is 23.7 Å². The minimum atomic E-state index is -0.401. The number of fused-ring (bicyclic) bond motifs is 2. The second-order valence-corrected chi connectivity index (χ2v) is 8.19. The number of nitrogens with one attached hydrogen (secondary N) is 1. The summed E-state index contributed by atoms with van der Waals surface area (Å²) in [5, 5.41) is 3.21. The quantitative estimate of drug-likeness (QED) is 0.849. The summed E-state index contributed by atoms with van der Waals surface area (Å²) in [5.74, 6) is 0.110. The molecule has 2 saturated carbocycles. The molecule has 2 aliphatic rings. The summed E-state index contributed by atoms with van der Waals surface area (Å²) in [6.45, 7) is 10.8. The molecule has 0 radical (unpaired) electrons. The van der Waals surface area contributed by atoms with Crippen molar-refractivity contribution >= 4 is 11.9 Å². The van der Waals surface area contributed by atoms with Gasteiger partial charge in [0.05, 0.1) is 17.9 Å². The van der Waals surface area contributed by atoms with Crippen molar-refractivity contribution in [3.05, 3.63) is 29.1 Å². The van der Waals surface area contributed by atoms with E-state index in [0.717, 1.165) is 12.8 Å². The van der Waals surface area contributed by atoms with E-state index in [0.29, 0.717) is 29.5 Å². The van der Waals surface area contributed by atoms with Gasteiger partial charge in [0.25, 0.3) is 5.91 Å². The normalized spacial score (nSPS) is 29.5. The van der Waals surface area contributed by atoms with Crippen LogP contribution in [0.4, 0.5) is 0 Å². The Balaban J connectivity index is 1.75. The van der Waals surface area contributed by atoms with E-state index in [2.05, 4.69) is 31.1 Å². The fourth-order valence-electron chi connectivity index (χ4n) is 4.77. The van der Waals surface area contributed by atoms with Crippen LogP contribution in [0.2, 0.25) is 0 Å². The van der Waals surface area contributed by atoms with Gasteiger partial charge in [-0.1, -0.05) is 20.8 Å². The number of pyridine rings is 1. The number of amides is 1. The first-order valence-electron chi connectivity index (χ1n) is 9.16. The molecule has 2 fully saturated rings. The number of esters is 1. The lowest BCUT2D eigenvalue weighted by atomic mass is 9.69. The Morgan fingerprint density at radius 3 is 2.56 bits per heavy atom. The van der Waals surface area contributed by atoms with Gasteiger partial charge in [-0.3, -0.25) is 4.79 Å². The molecule has 0 spiro atoms. The van der Waals surface area contributed by atoms with E-state index < -0.39 is 5.97 Å². The third-order valence-corrected chi connectivity index (χ3v) is 6.91. The van der Waals surface area contributed by atoms with E-state index in [-0.39, 0.29) is 22.8 Å². The van der Waals surface area contributed by atoms with Gasteiger partial charge in [-0.25, -0.2) is 9.78 Å². The molecule has 1 aromatic rings. The summed E-state index contributed by atoms with van der Waals surface area (Å²) < 4.78 is 5.01. The second-order valence-electron chi connectivity index (χ2n) is 8.19. The highest BCUT2D eigenvalue weighted by Gasteiger charge is 2.61. The summed E-state index contributed by atoms with van der Waals surface area (Å²) in [6.07, 6.45) is 3.44. The van der Waals surface area contributed by atoms with Crippen LogP contribution in [0.3, 0.4) is 0 Å². The van der Waals surface area contributed by atoms with Crippen LogP contribution in [-0.4, -0.2) is 29.5 Å². The van der Waals surface area contributed by atoms with Crippen molar-refractivity contribution in [1.29, 1.82) is 0 Å². The first-order valence-corrected chi connectivity index (χ1v) is 9.16. The molecule has 1 aromatic heterocycles. The highest BCUT2D eigenvalue weighted by molar-refractivity contribution is 5.95. The number of ether oxygens (including phenoxy) is 1. The van der Waals surface area contributed by atoms with E-state index >= 15 is 0 Å². The highest BCUT2D eigenvalue weighted by atomic mass is 16.5. The molecule has 1 heterocycles. The molecule has 3 unspecified atom stereocenters. The number of rotatable bonds is 4. The smallest absolute Gasteiger partial charge is 0.339 e. The van der Waals surface area contributed by atoms with Crippen molar-refractivity contribution in [2.75, 3.05) is 6.61 Å². The van der Waals surface area contributed by atoms with Crippen molar-refractivity contribution in [1.82, 2.24) is 10.3 Å². The molecule has 1 amide bonds. The summed E-state index contributed by atoms with van der Waals surface area (Å²) in [4.78, 5) is 28.9. The van der Waals surface area contributed by atoms with Gasteiger partial charge in [0, 0.05) is 6.04 Å². The van der Waals surface area contributed by atoms with E-state index in [1.807, 2.05) is 0 Å². The number of hydrogen-bond donors (Lipinski definition) is 1. The molecule has 5 nitrogen and oxygen atoms in total. The van der Waals surface area contributed by atoms with Gasteiger partial charge in [0.1, 0.15) is 5.69 Å². The zero-order chi connectivity index (χ0) is 18.4. The van der Waals surface area contributed by atoms with Crippen LogP contribution in [-0.2, 0) is 4.74 Å². The second kappa shape index (κ2) is 6.11. The Hall–Kier alpha value is -1.91. The zero-order valence-electron chi connectivity index (χ0n) is 15.8. The molecule has 0 aromatic carbocycles. The minimum Gasteiger partial charge on any atom is -0.462 e. The maximum atomic E-state index is 12.7. The summed E-state index contributed by atoms with van der Waals surface area (Å²) >= 11 is 0. The predicted octanol–water partition coefficient (Wildman–Crippen LogP) is 3.51. The maximum absolute atomic E-state index is 12.7. The minimum absolute atomic E-state index is 0.132. The predicted molar refractivity (Wildman–Crippen MR) is 95.4 cm³/mol. The van der Waals surface area contributed by atoms with Crippen molar-refractivity contribution in [2.24, 2.45) is 16.7 Å². The third-order valence-electron chi connectivity index (χ3n) is 6.91. The molecular formula is C20H28N2O3. The van der Waals surface area contributed by atoms with Gasteiger partial charge in [-0.2, -0.15) is 0 Å². The topological polar surface area (TPSA) is 68.3 Å². The number of carbonyl (C=O) groups is 2. The van der Waals surface area contributed by atoms with Gasteiger partial charge in [0.15, 0.2) is 0 Å². The number of nitrogens with zero attached hydrogens (tertiary/aromatic N) is 1. The van der Waals surface area contributed by atoms with Gasteiger partial charge < -0.3 is 10.1 Å². The van der Waals surface area contributed by atoms with E-state index in [1.165, 1.54) is 6.42 Å². The number of hydrogen-bond acceptors (Lipinski definition) is 4. The number of carbonyl (C=O) groups excluding carboxylic acids is 2. The van der Waals surface area contributed by atoms with Gasteiger partial charge in [-0.05, 0) is 62.0 Å². The Morgan fingerprint density at radius 1 is 1.32 bits per heavy atom. The number of aromatic nitrogens is 1. The van der Waals surface area contributed by atoms with E-state index in [9.17, 15) is 9.59 Å². The summed E-state index contributed by atoms with van der Waals surface area (Å²) in [5.41, 5.74) is 1.67. The molecule has 3 rings (SSSR count). The lowest BCUT2D eigenvalue weighted by Gasteiger charge is -2.39. The van der Waals surface area contributed by atoms with E-state index in [4.69, 9.17) is 4.74 Å². The standard InChI is InChI=1S/C20H28N2O3/c1-6-25-18(24)14-7-8-15(21-12(14)2)17(23)22-16-11-13-9-10-20(16,5)19(13,3)4/h7-8,13,16H,6,9-11H2,1-5H3,(H,22,23). The van der Waals surface area contributed by atoms with Crippen LogP contribution >= 0.6 is 0 Å². The summed E-state index contributed by atoms with van der Waals surface area (Å²) in [7, 11) is 0. The monoisotopic (exact) mass is 344 g/mol. The molecule has 0 saturated heterocycles. The molecule has 2 aliphatic carbocycles. The van der Waals surface area contributed by atoms with Crippen molar-refractivity contribution in [3.8, 4) is 0 Å². The Kier molecular flexibility index (Phi) is 4.38. The van der Waals surface area contributed by atoms with Crippen molar-refractivity contribution in [3.63, 3.8) is 0 Å². The van der Waals surface area contributed by atoms with Gasteiger partial charge in [-0.15, -0.1) is 0 Å². The first-order chi connectivity index (χ1) is 11.7. The average Bonchev–Trinajstić information content (AvgIpc) is 2.88. The molecule has 25 heavy (non-hydrogen) atoms. The van der Waals surface area contributed by atoms with Crippen LogP contribution in [0.5, 0.6) is 0 Å². The fraction of sp³-hybridized carbons (Fsp3) is 0.650. The van der Waals surface area contributed by atoms with Gasteiger partial charge in [0.2, 0.25) is 0 Å². The van der Waals surface area contributed by atoms with Crippen LogP contribution in [0.1, 0.15) is 73.5 Å². The Morgan fingerprint density at radius 2 is 2.04 bits per heavy atom. The number of aryl methyl sites for hydroxylation is 1. The average molecular weight is 344 g/mol. The lowest BCUT2D eigenvalue weighted by molar-refractivity contribution is 0.0524. The highest BCUT2D eigenvalue weighted by Crippen LogP contribution is 2.65. The molecule has 3 atom stereocenters. The van der Waals surface area contributed by atoms with Crippen LogP contribution in [0.15, 0.2) is 12.1 Å². The first kappa shape index (κ1) is 17.9. The Bertz CT molecular complexity index is 713. The van der Waals surface area contributed by atoms with Gasteiger partial charge >= 0.3 is 5.97 Å². The van der Waals surface area contributed by atoms with Crippen molar-refractivity contribution < 1.29 is 14.3 Å². The van der Waals surface area contributed by atoms with Crippen LogP contribution < -0.4 is 5.32 Å². The summed E-state index contributed by atoms with van der Waals surface area (Å²) in [6, 6.07) is 3.41.